The highest BCUT2D eigenvalue weighted by Gasteiger charge is 2.28. The lowest BCUT2D eigenvalue weighted by Crippen LogP contribution is -2.28. The van der Waals surface area contributed by atoms with Crippen molar-refractivity contribution in [3.05, 3.63) is 34.4 Å². The molecule has 2 heterocycles. The van der Waals surface area contributed by atoms with Gasteiger partial charge in [-0.15, -0.1) is 0 Å². The van der Waals surface area contributed by atoms with E-state index in [1.807, 2.05) is 0 Å². The summed E-state index contributed by atoms with van der Waals surface area (Å²) in [6.45, 7) is -0.528. The van der Waals surface area contributed by atoms with E-state index in [4.69, 9.17) is 11.6 Å². The molecule has 0 bridgehead atoms. The topological polar surface area (TPSA) is 64.7 Å². The average Bonchev–Trinajstić information content (AvgIpc) is 3.00. The molecule has 1 N–H and O–H groups in total. The fourth-order valence-electron chi connectivity index (χ4n) is 1.90. The smallest absolute Gasteiger partial charge is 0.283 e. The highest BCUT2D eigenvalue weighted by atomic mass is 35.5. The summed E-state index contributed by atoms with van der Waals surface area (Å²) in [6.07, 6.45) is -3.07. The molecule has 0 spiro atoms. The van der Waals surface area contributed by atoms with Crippen molar-refractivity contribution in [3.63, 3.8) is 0 Å². The summed E-state index contributed by atoms with van der Waals surface area (Å²) in [5.41, 5.74) is -1.18. The summed E-state index contributed by atoms with van der Waals surface area (Å²) in [5.74, 6) is -0.671. The third-order valence-electron chi connectivity index (χ3n) is 2.91. The molecule has 0 radical (unpaired) electrons. The van der Waals surface area contributed by atoms with Crippen LogP contribution in [0.4, 0.5) is 17.6 Å². The summed E-state index contributed by atoms with van der Waals surface area (Å²) >= 11 is 5.49. The molecule has 11 heteroatoms. The molecule has 2 aromatic heterocycles. The Kier molecular flexibility index (Phi) is 5.24. The van der Waals surface area contributed by atoms with E-state index in [1.54, 1.807) is 13.2 Å². The maximum Gasteiger partial charge on any atom is 0.283 e. The summed E-state index contributed by atoms with van der Waals surface area (Å²) in [6, 6.07) is 0. The molecule has 0 saturated carbocycles. The second-order valence-corrected chi connectivity index (χ2v) is 5.02. The van der Waals surface area contributed by atoms with E-state index in [9.17, 15) is 22.4 Å². The van der Waals surface area contributed by atoms with Crippen molar-refractivity contribution in [2.45, 2.75) is 25.9 Å². The van der Waals surface area contributed by atoms with E-state index < -0.39 is 41.7 Å². The number of amides is 1. The molecule has 126 valence electrons. The number of hydrogen-bond acceptors (Lipinski definition) is 3. The second kappa shape index (κ2) is 6.99. The van der Waals surface area contributed by atoms with Crippen molar-refractivity contribution in [3.8, 4) is 0 Å². The highest BCUT2D eigenvalue weighted by Crippen LogP contribution is 2.34. The number of carbonyl (C=O) groups excluding carboxylic acids is 1. The van der Waals surface area contributed by atoms with Crippen LogP contribution in [0, 0.1) is 0 Å². The Labute approximate surface area is 133 Å². The van der Waals surface area contributed by atoms with Crippen LogP contribution in [-0.2, 0) is 24.9 Å². The highest BCUT2D eigenvalue weighted by molar-refractivity contribution is 6.32. The number of aryl methyl sites for hydroxylation is 1. The van der Waals surface area contributed by atoms with Crippen molar-refractivity contribution in [1.82, 2.24) is 24.9 Å². The van der Waals surface area contributed by atoms with Crippen LogP contribution in [0.15, 0.2) is 12.4 Å². The lowest BCUT2D eigenvalue weighted by molar-refractivity contribution is -0.122. The summed E-state index contributed by atoms with van der Waals surface area (Å²) in [4.78, 5) is 11.8. The Bertz CT molecular complexity index is 700. The van der Waals surface area contributed by atoms with E-state index in [0.29, 0.717) is 10.2 Å². The van der Waals surface area contributed by atoms with Crippen LogP contribution in [-0.4, -0.2) is 25.5 Å². The minimum absolute atomic E-state index is 0.118. The molecule has 2 aromatic rings. The molecule has 23 heavy (non-hydrogen) atoms. The lowest BCUT2D eigenvalue weighted by Gasteiger charge is -2.07. The number of hydrogen-bond donors (Lipinski definition) is 1. The first-order chi connectivity index (χ1) is 10.8. The Morgan fingerprint density at radius 3 is 2.57 bits per heavy atom. The van der Waals surface area contributed by atoms with Crippen LogP contribution >= 0.6 is 11.6 Å². The van der Waals surface area contributed by atoms with Gasteiger partial charge in [-0.2, -0.15) is 10.2 Å². The number of nitrogens with one attached hydrogen (secondary N) is 1. The lowest BCUT2D eigenvalue weighted by atomic mass is 10.3. The van der Waals surface area contributed by atoms with Gasteiger partial charge in [-0.1, -0.05) is 11.6 Å². The van der Waals surface area contributed by atoms with E-state index in [0.717, 1.165) is 0 Å². The van der Waals surface area contributed by atoms with Crippen LogP contribution in [0.5, 0.6) is 0 Å². The molecule has 0 saturated heterocycles. The van der Waals surface area contributed by atoms with Crippen molar-refractivity contribution in [2.75, 3.05) is 0 Å². The molecule has 0 aliphatic carbocycles. The molecule has 0 aromatic carbocycles. The van der Waals surface area contributed by atoms with Gasteiger partial charge in [-0.3, -0.25) is 14.2 Å². The maximum atomic E-state index is 12.9. The number of halogens is 5. The number of rotatable bonds is 6. The Balaban J connectivity index is 2.09. The molecule has 0 aliphatic heterocycles. The molecular weight excluding hydrogens is 342 g/mol. The Morgan fingerprint density at radius 1 is 1.35 bits per heavy atom. The van der Waals surface area contributed by atoms with Crippen molar-refractivity contribution in [2.24, 2.45) is 7.05 Å². The van der Waals surface area contributed by atoms with E-state index in [-0.39, 0.29) is 6.54 Å². The quantitative estimate of drug-likeness (QED) is 0.811. The fraction of sp³-hybridized carbons (Fsp3) is 0.417. The fourth-order valence-corrected chi connectivity index (χ4v) is 2.20. The molecule has 2 rings (SSSR count). The predicted molar refractivity (Wildman–Crippen MR) is 72.2 cm³/mol. The molecule has 6 nitrogen and oxygen atoms in total. The molecule has 0 aliphatic rings. The van der Waals surface area contributed by atoms with Crippen molar-refractivity contribution in [1.29, 1.82) is 0 Å². The average molecular weight is 354 g/mol. The summed E-state index contributed by atoms with van der Waals surface area (Å²) in [5, 5.41) is 8.84. The SMILES string of the molecule is Cn1cc(CNC(=O)Cn2nc(C(F)F)c(Cl)c2C(F)F)cn1. The Morgan fingerprint density at radius 2 is 2.04 bits per heavy atom. The third kappa shape index (κ3) is 4.01. The van der Waals surface area contributed by atoms with E-state index in [2.05, 4.69) is 15.5 Å². The molecular formula is C12H12ClF4N5O. The van der Waals surface area contributed by atoms with Gasteiger partial charge in [-0.25, -0.2) is 17.6 Å². The minimum atomic E-state index is -3.13. The monoisotopic (exact) mass is 353 g/mol. The van der Waals surface area contributed by atoms with Crippen LogP contribution in [0.3, 0.4) is 0 Å². The van der Waals surface area contributed by atoms with Gasteiger partial charge in [-0.05, 0) is 0 Å². The number of alkyl halides is 4. The van der Waals surface area contributed by atoms with Gasteiger partial charge in [0.1, 0.15) is 17.9 Å². The minimum Gasteiger partial charge on any atom is -0.350 e. The third-order valence-corrected chi connectivity index (χ3v) is 3.30. The Hall–Kier alpha value is -2.10. The zero-order valence-corrected chi connectivity index (χ0v) is 12.6. The first-order valence-corrected chi connectivity index (χ1v) is 6.74. The summed E-state index contributed by atoms with van der Waals surface area (Å²) < 4.78 is 53.2. The first kappa shape index (κ1) is 17.3. The largest absolute Gasteiger partial charge is 0.350 e. The van der Waals surface area contributed by atoms with Crippen molar-refractivity contribution >= 4 is 17.5 Å². The van der Waals surface area contributed by atoms with Gasteiger partial charge in [0.25, 0.3) is 12.9 Å². The van der Waals surface area contributed by atoms with Gasteiger partial charge in [0.15, 0.2) is 0 Å². The zero-order chi connectivity index (χ0) is 17.1. The number of nitrogens with zero attached hydrogens (tertiary/aromatic N) is 4. The molecule has 1 amide bonds. The number of carbonyl (C=O) groups is 1. The zero-order valence-electron chi connectivity index (χ0n) is 11.8. The van der Waals surface area contributed by atoms with Crippen LogP contribution in [0.1, 0.15) is 29.8 Å². The van der Waals surface area contributed by atoms with Crippen LogP contribution < -0.4 is 5.32 Å². The van der Waals surface area contributed by atoms with Gasteiger partial charge in [0.2, 0.25) is 5.91 Å². The van der Waals surface area contributed by atoms with Crippen molar-refractivity contribution < 1.29 is 22.4 Å². The van der Waals surface area contributed by atoms with Crippen LogP contribution in [0.25, 0.3) is 0 Å². The second-order valence-electron chi connectivity index (χ2n) is 4.64. The van der Waals surface area contributed by atoms with E-state index >= 15 is 0 Å². The summed E-state index contributed by atoms with van der Waals surface area (Å²) in [7, 11) is 1.69. The van der Waals surface area contributed by atoms with Gasteiger partial charge >= 0.3 is 0 Å². The van der Waals surface area contributed by atoms with Gasteiger partial charge in [0.05, 0.1) is 11.2 Å². The first-order valence-electron chi connectivity index (χ1n) is 6.36. The van der Waals surface area contributed by atoms with Gasteiger partial charge in [0, 0.05) is 25.4 Å². The predicted octanol–water partition coefficient (Wildman–Crippen LogP) is 2.46. The molecule has 0 unspecified atom stereocenters. The molecule has 0 fully saturated rings. The maximum absolute atomic E-state index is 12.9. The number of aromatic nitrogens is 4. The standard InChI is InChI=1S/C12H12ClF4N5O/c1-21-4-6(3-19-21)2-18-7(23)5-22-10(12(16)17)8(13)9(20-22)11(14)15/h3-4,11-12H,2,5H2,1H3,(H,18,23). The van der Waals surface area contributed by atoms with E-state index in [1.165, 1.54) is 10.9 Å². The molecule has 0 atom stereocenters. The normalized spacial score (nSPS) is 11.5. The van der Waals surface area contributed by atoms with Crippen LogP contribution in [0.2, 0.25) is 5.02 Å². The van der Waals surface area contributed by atoms with Gasteiger partial charge < -0.3 is 5.32 Å².